The number of nitrogens with one attached hydrogen (secondary N) is 3. The summed E-state index contributed by atoms with van der Waals surface area (Å²) in [5.41, 5.74) is -0.261. The highest BCUT2D eigenvalue weighted by molar-refractivity contribution is 6.08. The number of hydrogen-bond acceptors (Lipinski definition) is 4. The highest BCUT2D eigenvalue weighted by Crippen LogP contribution is 2.50. The van der Waals surface area contributed by atoms with E-state index in [1.165, 1.54) is 6.07 Å². The molecule has 0 bridgehead atoms. The van der Waals surface area contributed by atoms with Gasteiger partial charge in [0.05, 0.1) is 0 Å². The summed E-state index contributed by atoms with van der Waals surface area (Å²) in [6.45, 7) is 1.07. The van der Waals surface area contributed by atoms with E-state index in [-0.39, 0.29) is 60.2 Å². The van der Waals surface area contributed by atoms with Gasteiger partial charge in [-0.3, -0.25) is 19.7 Å². The second-order valence-electron chi connectivity index (χ2n) is 10.2. The maximum atomic E-state index is 13.9. The number of aryl methyl sites for hydroxylation is 1. The standard InChI is InChI=1S/C24H29FN4O4/c25-18-5-2-1-4-15(18)6-7-19(30)29-14-23(8-3-9-23)12-17(29)13-26-20(31)16-10-24(11-16)21(32)27-22(33)28-24/h1-2,4-5,16-17H,3,6-14H2,(H,26,31)(H2,27,28,32,33). The van der Waals surface area contributed by atoms with Gasteiger partial charge < -0.3 is 15.5 Å². The van der Waals surface area contributed by atoms with E-state index in [9.17, 15) is 23.6 Å². The number of hydrogen-bond donors (Lipinski definition) is 3. The molecular weight excluding hydrogens is 427 g/mol. The molecule has 4 aliphatic rings. The minimum absolute atomic E-state index is 0.00536. The Balaban J connectivity index is 1.16. The Morgan fingerprint density at radius 1 is 1.15 bits per heavy atom. The number of nitrogens with zero attached hydrogens (tertiary/aromatic N) is 1. The predicted molar refractivity (Wildman–Crippen MR) is 116 cm³/mol. The first-order valence-corrected chi connectivity index (χ1v) is 11.7. The first-order valence-electron chi connectivity index (χ1n) is 11.7. The lowest BCUT2D eigenvalue weighted by Gasteiger charge is -2.41. The van der Waals surface area contributed by atoms with E-state index in [1.54, 1.807) is 18.2 Å². The molecule has 1 aromatic rings. The molecule has 2 saturated heterocycles. The van der Waals surface area contributed by atoms with Crippen LogP contribution in [0.4, 0.5) is 9.18 Å². The van der Waals surface area contributed by atoms with E-state index < -0.39 is 11.6 Å². The third kappa shape index (κ3) is 3.98. The lowest BCUT2D eigenvalue weighted by atomic mass is 9.67. The third-order valence-corrected chi connectivity index (χ3v) is 8.00. The monoisotopic (exact) mass is 456 g/mol. The molecule has 5 rings (SSSR count). The summed E-state index contributed by atoms with van der Waals surface area (Å²) in [6.07, 6.45) is 5.38. The van der Waals surface area contributed by atoms with E-state index >= 15 is 0 Å². The molecule has 0 aromatic heterocycles. The Kier molecular flexibility index (Phi) is 5.37. The molecule has 4 fully saturated rings. The fraction of sp³-hybridized carbons (Fsp3) is 0.583. The fourth-order valence-electron chi connectivity index (χ4n) is 5.91. The molecule has 1 aromatic carbocycles. The van der Waals surface area contributed by atoms with Crippen LogP contribution in [0.3, 0.4) is 0 Å². The molecule has 5 amide bonds. The second kappa shape index (κ2) is 8.11. The van der Waals surface area contributed by atoms with Crippen LogP contribution in [0.15, 0.2) is 24.3 Å². The van der Waals surface area contributed by atoms with Crippen LogP contribution >= 0.6 is 0 Å². The zero-order chi connectivity index (χ0) is 23.2. The molecule has 2 heterocycles. The molecule has 0 radical (unpaired) electrons. The SMILES string of the molecule is O=C1NC(=O)C2(CC(C(=O)NCC3CC4(CCC4)CN3C(=O)CCc3ccccc3F)C2)N1. The predicted octanol–water partition coefficient (Wildman–Crippen LogP) is 1.63. The summed E-state index contributed by atoms with van der Waals surface area (Å²) < 4.78 is 13.9. The smallest absolute Gasteiger partial charge is 0.322 e. The summed E-state index contributed by atoms with van der Waals surface area (Å²) in [5.74, 6) is -1.15. The fourth-order valence-corrected chi connectivity index (χ4v) is 5.91. The molecule has 2 aliphatic carbocycles. The summed E-state index contributed by atoms with van der Waals surface area (Å²) in [4.78, 5) is 51.0. The first-order chi connectivity index (χ1) is 15.8. The number of imide groups is 1. The topological polar surface area (TPSA) is 108 Å². The van der Waals surface area contributed by atoms with Crippen LogP contribution in [-0.4, -0.2) is 53.3 Å². The lowest BCUT2D eigenvalue weighted by molar-refractivity contribution is -0.138. The number of carbonyl (C=O) groups is 4. The quantitative estimate of drug-likeness (QED) is 0.566. The minimum atomic E-state index is -0.947. The van der Waals surface area contributed by atoms with Crippen LogP contribution < -0.4 is 16.0 Å². The Morgan fingerprint density at radius 3 is 2.55 bits per heavy atom. The van der Waals surface area contributed by atoms with Crippen molar-refractivity contribution in [3.05, 3.63) is 35.6 Å². The van der Waals surface area contributed by atoms with Crippen molar-refractivity contribution in [2.75, 3.05) is 13.1 Å². The van der Waals surface area contributed by atoms with Crippen molar-refractivity contribution < 1.29 is 23.6 Å². The van der Waals surface area contributed by atoms with Crippen LogP contribution in [0.1, 0.15) is 50.5 Å². The maximum absolute atomic E-state index is 13.9. The largest absolute Gasteiger partial charge is 0.354 e. The van der Waals surface area contributed by atoms with E-state index in [0.717, 1.165) is 25.7 Å². The molecule has 1 unspecified atom stereocenters. The molecule has 8 nitrogen and oxygen atoms in total. The van der Waals surface area contributed by atoms with Gasteiger partial charge in [0.1, 0.15) is 11.4 Å². The Bertz CT molecular complexity index is 1000. The van der Waals surface area contributed by atoms with Gasteiger partial charge >= 0.3 is 6.03 Å². The van der Waals surface area contributed by atoms with Gasteiger partial charge in [-0.1, -0.05) is 24.6 Å². The number of halogens is 1. The van der Waals surface area contributed by atoms with Gasteiger partial charge in [-0.15, -0.1) is 0 Å². The lowest BCUT2D eigenvalue weighted by Crippen LogP contribution is -2.60. The zero-order valence-corrected chi connectivity index (χ0v) is 18.5. The number of amides is 5. The van der Waals surface area contributed by atoms with Crippen molar-refractivity contribution in [2.24, 2.45) is 11.3 Å². The van der Waals surface area contributed by atoms with Crippen molar-refractivity contribution in [2.45, 2.75) is 62.9 Å². The summed E-state index contributed by atoms with van der Waals surface area (Å²) in [7, 11) is 0. The van der Waals surface area contributed by atoms with Gasteiger partial charge in [0.2, 0.25) is 11.8 Å². The molecule has 1 atom stereocenters. The van der Waals surface area contributed by atoms with Crippen molar-refractivity contribution in [1.82, 2.24) is 20.9 Å². The number of rotatable bonds is 6. The van der Waals surface area contributed by atoms with Gasteiger partial charge in [0.15, 0.2) is 0 Å². The Morgan fingerprint density at radius 2 is 1.91 bits per heavy atom. The Labute approximate surface area is 191 Å². The van der Waals surface area contributed by atoms with Crippen molar-refractivity contribution in [1.29, 1.82) is 0 Å². The number of carbonyl (C=O) groups excluding carboxylic acids is 4. The van der Waals surface area contributed by atoms with E-state index in [0.29, 0.717) is 25.1 Å². The van der Waals surface area contributed by atoms with Crippen molar-refractivity contribution in [3.8, 4) is 0 Å². The molecule has 9 heteroatoms. The van der Waals surface area contributed by atoms with Crippen LogP contribution in [0.25, 0.3) is 0 Å². The molecule has 2 saturated carbocycles. The summed E-state index contributed by atoms with van der Waals surface area (Å²) in [6, 6.07) is 5.92. The summed E-state index contributed by atoms with van der Waals surface area (Å²) in [5, 5.41) is 7.82. The van der Waals surface area contributed by atoms with Gasteiger partial charge in [-0.25, -0.2) is 9.18 Å². The molecule has 2 aliphatic heterocycles. The normalized spacial score (nSPS) is 29.4. The van der Waals surface area contributed by atoms with Crippen LogP contribution in [0.5, 0.6) is 0 Å². The number of likely N-dealkylation sites (tertiary alicyclic amines) is 1. The average molecular weight is 457 g/mol. The first kappa shape index (κ1) is 21.9. The van der Waals surface area contributed by atoms with Crippen LogP contribution in [-0.2, 0) is 20.8 Å². The number of urea groups is 1. The van der Waals surface area contributed by atoms with E-state index in [2.05, 4.69) is 16.0 Å². The minimum Gasteiger partial charge on any atom is -0.354 e. The molecule has 3 N–H and O–H groups in total. The maximum Gasteiger partial charge on any atom is 0.322 e. The average Bonchev–Trinajstić information content (AvgIpc) is 3.28. The van der Waals surface area contributed by atoms with E-state index in [1.807, 2.05) is 4.90 Å². The second-order valence-corrected chi connectivity index (χ2v) is 10.2. The van der Waals surface area contributed by atoms with Crippen LogP contribution in [0, 0.1) is 17.2 Å². The van der Waals surface area contributed by atoms with Crippen molar-refractivity contribution in [3.63, 3.8) is 0 Å². The number of benzene rings is 1. The van der Waals surface area contributed by atoms with Gasteiger partial charge in [-0.2, -0.15) is 0 Å². The Hall–Kier alpha value is -2.97. The molecular formula is C24H29FN4O4. The van der Waals surface area contributed by atoms with Gasteiger partial charge in [0, 0.05) is 31.5 Å². The van der Waals surface area contributed by atoms with Gasteiger partial charge in [-0.05, 0) is 55.6 Å². The molecule has 33 heavy (non-hydrogen) atoms. The molecule has 2 spiro atoms. The van der Waals surface area contributed by atoms with Gasteiger partial charge in [0.25, 0.3) is 5.91 Å². The summed E-state index contributed by atoms with van der Waals surface area (Å²) >= 11 is 0. The third-order valence-electron chi connectivity index (χ3n) is 8.00. The highest BCUT2D eigenvalue weighted by Gasteiger charge is 2.57. The highest BCUT2D eigenvalue weighted by atomic mass is 19.1. The molecule has 176 valence electrons. The van der Waals surface area contributed by atoms with Crippen LogP contribution in [0.2, 0.25) is 0 Å². The van der Waals surface area contributed by atoms with E-state index in [4.69, 9.17) is 0 Å². The zero-order valence-electron chi connectivity index (χ0n) is 18.5. The van der Waals surface area contributed by atoms with Crippen molar-refractivity contribution >= 4 is 23.8 Å².